The van der Waals surface area contributed by atoms with Gasteiger partial charge in [-0.25, -0.2) is 23.7 Å². The van der Waals surface area contributed by atoms with E-state index >= 15 is 0 Å². The Morgan fingerprint density at radius 3 is 2.81 bits per heavy atom. The number of H-pyrrole nitrogens is 1. The quantitative estimate of drug-likeness (QED) is 0.693. The second-order valence-corrected chi connectivity index (χ2v) is 7.73. The van der Waals surface area contributed by atoms with Crippen molar-refractivity contribution in [3.63, 3.8) is 0 Å². The Morgan fingerprint density at radius 1 is 1.16 bits per heavy atom. The molecule has 3 aromatic rings. The molecule has 0 spiro atoms. The molecule has 1 N–H and O–H groups in total. The first-order chi connectivity index (χ1) is 15.0. The number of allylic oxidation sites excluding steroid dienone is 1. The lowest BCUT2D eigenvalue weighted by molar-refractivity contribution is 0.144. The van der Waals surface area contributed by atoms with Crippen molar-refractivity contribution in [1.82, 2.24) is 34.6 Å². The SMILES string of the molecule is Cc1[nH]ncc1C1=CCCN(c2ccnc(-c3cnc4n3C=C(C(F)F)N(C)C4)n2)C1. The highest BCUT2D eigenvalue weighted by atomic mass is 19.3. The first-order valence-electron chi connectivity index (χ1n) is 10.1. The monoisotopic (exact) mass is 424 g/mol. The highest BCUT2D eigenvalue weighted by Gasteiger charge is 2.26. The molecule has 2 aliphatic heterocycles. The number of hydrogen-bond donors (Lipinski definition) is 1. The largest absolute Gasteiger partial charge is 0.365 e. The third-order valence-electron chi connectivity index (χ3n) is 5.70. The van der Waals surface area contributed by atoms with Crippen LogP contribution in [0.1, 0.15) is 23.5 Å². The van der Waals surface area contributed by atoms with Crippen molar-refractivity contribution in [2.45, 2.75) is 26.3 Å². The van der Waals surface area contributed by atoms with Gasteiger partial charge in [-0.05, 0) is 25.0 Å². The zero-order chi connectivity index (χ0) is 21.5. The van der Waals surface area contributed by atoms with E-state index in [0.717, 1.165) is 30.0 Å². The summed E-state index contributed by atoms with van der Waals surface area (Å²) in [4.78, 5) is 17.2. The fraction of sp³-hybridized carbons (Fsp3) is 0.333. The van der Waals surface area contributed by atoms with Crippen LogP contribution in [0.25, 0.3) is 23.3 Å². The molecule has 31 heavy (non-hydrogen) atoms. The summed E-state index contributed by atoms with van der Waals surface area (Å²) < 4.78 is 28.5. The van der Waals surface area contributed by atoms with Crippen molar-refractivity contribution in [1.29, 1.82) is 0 Å². The van der Waals surface area contributed by atoms with Gasteiger partial charge < -0.3 is 9.80 Å². The average molecular weight is 424 g/mol. The summed E-state index contributed by atoms with van der Waals surface area (Å²) in [5.74, 6) is 1.93. The number of anilines is 1. The number of aryl methyl sites for hydroxylation is 1. The summed E-state index contributed by atoms with van der Waals surface area (Å²) in [5.41, 5.74) is 3.89. The molecule has 5 heterocycles. The molecule has 3 aromatic heterocycles. The van der Waals surface area contributed by atoms with Crippen LogP contribution in [-0.2, 0) is 6.54 Å². The standard InChI is InChI=1S/C21H22F2N8/c1-13-15(8-26-28-13)14-4-3-7-30(10-14)18-5-6-24-21(27-18)16-9-25-19-12-29(2)17(20(22)23)11-31(16)19/h4-6,8-9,11,20H,3,7,10,12H2,1-2H3,(H,26,28). The molecule has 0 aromatic carbocycles. The number of aromatic amines is 1. The van der Waals surface area contributed by atoms with Gasteiger partial charge in [-0.1, -0.05) is 6.08 Å². The van der Waals surface area contributed by atoms with E-state index in [1.165, 1.54) is 16.7 Å². The third-order valence-corrected chi connectivity index (χ3v) is 5.70. The maximum absolute atomic E-state index is 13.4. The molecule has 0 atom stereocenters. The van der Waals surface area contributed by atoms with Crippen LogP contribution < -0.4 is 4.90 Å². The Bertz CT molecular complexity index is 1180. The summed E-state index contributed by atoms with van der Waals surface area (Å²) in [7, 11) is 1.64. The van der Waals surface area contributed by atoms with Gasteiger partial charge in [0.1, 0.15) is 17.3 Å². The lowest BCUT2D eigenvalue weighted by atomic mass is 10.0. The first-order valence-corrected chi connectivity index (χ1v) is 10.1. The minimum absolute atomic E-state index is 0.0517. The zero-order valence-electron chi connectivity index (χ0n) is 17.3. The summed E-state index contributed by atoms with van der Waals surface area (Å²) in [6.07, 6.45) is 7.18. The summed E-state index contributed by atoms with van der Waals surface area (Å²) in [5, 5.41) is 7.11. The number of nitrogens with zero attached hydrogens (tertiary/aromatic N) is 7. The van der Waals surface area contributed by atoms with Gasteiger partial charge >= 0.3 is 0 Å². The topological polar surface area (TPSA) is 78.8 Å². The number of nitrogens with one attached hydrogen (secondary N) is 1. The van der Waals surface area contributed by atoms with Crippen molar-refractivity contribution in [2.24, 2.45) is 0 Å². The molecule has 0 amide bonds. The van der Waals surface area contributed by atoms with Crippen LogP contribution in [0.3, 0.4) is 0 Å². The molecular weight excluding hydrogens is 402 g/mol. The molecule has 0 saturated carbocycles. The second kappa shape index (κ2) is 7.60. The van der Waals surface area contributed by atoms with E-state index < -0.39 is 6.43 Å². The maximum Gasteiger partial charge on any atom is 0.279 e. The first kappa shape index (κ1) is 19.4. The number of hydrogen-bond acceptors (Lipinski definition) is 6. The molecule has 160 valence electrons. The molecule has 10 heteroatoms. The smallest absolute Gasteiger partial charge is 0.279 e. The molecular formula is C21H22F2N8. The Hall–Kier alpha value is -3.56. The van der Waals surface area contributed by atoms with Crippen molar-refractivity contribution in [3.8, 4) is 11.5 Å². The zero-order valence-corrected chi connectivity index (χ0v) is 17.3. The number of imidazole rings is 1. The number of alkyl halides is 2. The fourth-order valence-electron chi connectivity index (χ4n) is 4.04. The van der Waals surface area contributed by atoms with E-state index in [9.17, 15) is 8.78 Å². The van der Waals surface area contributed by atoms with Crippen LogP contribution in [0.4, 0.5) is 14.6 Å². The van der Waals surface area contributed by atoms with E-state index in [2.05, 4.69) is 31.1 Å². The predicted octanol–water partition coefficient (Wildman–Crippen LogP) is 3.17. The molecule has 0 aliphatic carbocycles. The summed E-state index contributed by atoms with van der Waals surface area (Å²) in [6, 6.07) is 1.87. The minimum Gasteiger partial charge on any atom is -0.365 e. The molecule has 0 bridgehead atoms. The number of aromatic nitrogens is 6. The fourth-order valence-corrected chi connectivity index (χ4v) is 4.04. The van der Waals surface area contributed by atoms with Gasteiger partial charge in [-0.15, -0.1) is 0 Å². The van der Waals surface area contributed by atoms with Crippen LogP contribution in [0.2, 0.25) is 0 Å². The Labute approximate surface area is 177 Å². The van der Waals surface area contributed by atoms with Gasteiger partial charge in [-0.2, -0.15) is 5.10 Å². The molecule has 2 aliphatic rings. The van der Waals surface area contributed by atoms with Gasteiger partial charge in [0, 0.05) is 43.8 Å². The lowest BCUT2D eigenvalue weighted by Crippen LogP contribution is -2.30. The second-order valence-electron chi connectivity index (χ2n) is 7.73. The molecule has 0 unspecified atom stereocenters. The Balaban J connectivity index is 1.46. The third kappa shape index (κ3) is 3.47. The minimum atomic E-state index is -2.56. The van der Waals surface area contributed by atoms with Gasteiger partial charge in [0.05, 0.1) is 24.6 Å². The lowest BCUT2D eigenvalue weighted by Gasteiger charge is -2.29. The van der Waals surface area contributed by atoms with Crippen LogP contribution in [0, 0.1) is 6.92 Å². The van der Waals surface area contributed by atoms with Gasteiger partial charge in [0.25, 0.3) is 6.43 Å². The Kier molecular flexibility index (Phi) is 4.76. The van der Waals surface area contributed by atoms with Crippen LogP contribution in [0.5, 0.6) is 0 Å². The Morgan fingerprint density at radius 2 is 2.03 bits per heavy atom. The average Bonchev–Trinajstić information content (AvgIpc) is 3.39. The predicted molar refractivity (Wildman–Crippen MR) is 113 cm³/mol. The highest BCUT2D eigenvalue weighted by Crippen LogP contribution is 2.29. The van der Waals surface area contributed by atoms with Crippen molar-refractivity contribution >= 4 is 17.6 Å². The van der Waals surface area contributed by atoms with E-state index in [0.29, 0.717) is 30.4 Å². The maximum atomic E-state index is 13.4. The molecule has 8 nitrogen and oxygen atoms in total. The molecule has 5 rings (SSSR count). The molecule has 0 radical (unpaired) electrons. The van der Waals surface area contributed by atoms with Gasteiger partial charge in [0.15, 0.2) is 5.82 Å². The van der Waals surface area contributed by atoms with Crippen molar-refractivity contribution in [3.05, 3.63) is 53.5 Å². The van der Waals surface area contributed by atoms with Crippen LogP contribution in [0.15, 0.2) is 36.4 Å². The number of halogens is 2. The summed E-state index contributed by atoms with van der Waals surface area (Å²) >= 11 is 0. The van der Waals surface area contributed by atoms with Crippen LogP contribution in [-0.4, -0.2) is 61.2 Å². The highest BCUT2D eigenvalue weighted by molar-refractivity contribution is 5.72. The van der Waals surface area contributed by atoms with E-state index in [1.54, 1.807) is 24.0 Å². The summed E-state index contributed by atoms with van der Waals surface area (Å²) in [6.45, 7) is 3.86. The van der Waals surface area contributed by atoms with Gasteiger partial charge in [0.2, 0.25) is 0 Å². The van der Waals surface area contributed by atoms with Crippen molar-refractivity contribution in [2.75, 3.05) is 25.0 Å². The van der Waals surface area contributed by atoms with E-state index in [1.807, 2.05) is 19.2 Å². The van der Waals surface area contributed by atoms with Crippen LogP contribution >= 0.6 is 0 Å². The van der Waals surface area contributed by atoms with E-state index in [4.69, 9.17) is 4.98 Å². The molecule has 0 saturated heterocycles. The van der Waals surface area contributed by atoms with Gasteiger partial charge in [-0.3, -0.25) is 9.67 Å². The van der Waals surface area contributed by atoms with Crippen molar-refractivity contribution < 1.29 is 8.78 Å². The molecule has 0 fully saturated rings. The number of fused-ring (bicyclic) bond motifs is 1. The normalized spacial score (nSPS) is 16.4. The van der Waals surface area contributed by atoms with E-state index in [-0.39, 0.29) is 5.70 Å². The number of rotatable bonds is 4.